The summed E-state index contributed by atoms with van der Waals surface area (Å²) in [7, 11) is 0. The van der Waals surface area contributed by atoms with Crippen LogP contribution < -0.4 is 0 Å². The molecule has 0 radical (unpaired) electrons. The number of hydrogen-bond donors (Lipinski definition) is 1. The summed E-state index contributed by atoms with van der Waals surface area (Å²) >= 11 is 5.81. The topological polar surface area (TPSA) is 28.7 Å². The zero-order valence-corrected chi connectivity index (χ0v) is 10.5. The molecule has 0 atom stereocenters. The van der Waals surface area contributed by atoms with Crippen LogP contribution in [0.3, 0.4) is 0 Å². The summed E-state index contributed by atoms with van der Waals surface area (Å²) < 4.78 is 25.4. The number of aromatic amines is 1. The molecule has 3 rings (SSSR count). The minimum Gasteiger partial charge on any atom is -0.339 e. The average molecular weight is 279 g/mol. The van der Waals surface area contributed by atoms with Gasteiger partial charge in [0.25, 0.3) is 6.43 Å². The van der Waals surface area contributed by atoms with Crippen LogP contribution in [0.15, 0.2) is 42.5 Å². The standard InChI is InChI=1S/C14H9ClF2N2/c15-12-5-4-10-7-11(18-14(10)19-12)8-2-1-3-9(6-8)13(16)17/h1-7,13H,(H,18,19). The molecular formula is C14H9ClF2N2. The van der Waals surface area contributed by atoms with Gasteiger partial charge < -0.3 is 4.98 Å². The first kappa shape index (κ1) is 12.1. The number of nitrogens with zero attached hydrogens (tertiary/aromatic N) is 1. The fourth-order valence-electron chi connectivity index (χ4n) is 1.98. The summed E-state index contributed by atoms with van der Waals surface area (Å²) in [5.41, 5.74) is 2.09. The highest BCUT2D eigenvalue weighted by Crippen LogP contribution is 2.27. The van der Waals surface area contributed by atoms with Gasteiger partial charge in [-0.15, -0.1) is 0 Å². The SMILES string of the molecule is FC(F)c1cccc(-c2cc3ccc(Cl)nc3[nH]2)c1. The molecule has 0 amide bonds. The largest absolute Gasteiger partial charge is 0.339 e. The van der Waals surface area contributed by atoms with Crippen molar-refractivity contribution in [1.82, 2.24) is 9.97 Å². The molecule has 0 aliphatic heterocycles. The van der Waals surface area contributed by atoms with Crippen molar-refractivity contribution in [3.8, 4) is 11.3 Å². The molecule has 1 N–H and O–H groups in total. The molecule has 5 heteroatoms. The van der Waals surface area contributed by atoms with Crippen molar-refractivity contribution in [1.29, 1.82) is 0 Å². The number of halogens is 3. The van der Waals surface area contributed by atoms with Gasteiger partial charge in [-0.05, 0) is 29.8 Å². The minimum absolute atomic E-state index is 0.00199. The second-order valence-electron chi connectivity index (χ2n) is 4.18. The Balaban J connectivity index is 2.11. The summed E-state index contributed by atoms with van der Waals surface area (Å²) in [5, 5.41) is 1.28. The first-order valence-corrected chi connectivity index (χ1v) is 6.05. The van der Waals surface area contributed by atoms with Gasteiger partial charge in [-0.3, -0.25) is 0 Å². The van der Waals surface area contributed by atoms with E-state index in [4.69, 9.17) is 11.6 Å². The van der Waals surface area contributed by atoms with Crippen LogP contribution in [-0.4, -0.2) is 9.97 Å². The number of fused-ring (bicyclic) bond motifs is 1. The Morgan fingerprint density at radius 3 is 2.74 bits per heavy atom. The van der Waals surface area contributed by atoms with Gasteiger partial charge in [0.15, 0.2) is 0 Å². The van der Waals surface area contributed by atoms with Gasteiger partial charge in [-0.2, -0.15) is 0 Å². The third kappa shape index (κ3) is 2.31. The summed E-state index contributed by atoms with van der Waals surface area (Å²) in [6.07, 6.45) is -2.48. The molecule has 0 spiro atoms. The van der Waals surface area contributed by atoms with E-state index in [1.807, 2.05) is 12.1 Å². The van der Waals surface area contributed by atoms with Crippen LogP contribution >= 0.6 is 11.6 Å². The van der Waals surface area contributed by atoms with E-state index < -0.39 is 6.43 Å². The van der Waals surface area contributed by atoms with Crippen molar-refractivity contribution in [2.24, 2.45) is 0 Å². The Bertz CT molecular complexity index is 737. The average Bonchev–Trinajstić information content (AvgIpc) is 2.81. The van der Waals surface area contributed by atoms with E-state index in [-0.39, 0.29) is 5.56 Å². The predicted octanol–water partition coefficient (Wildman–Crippen LogP) is 4.82. The van der Waals surface area contributed by atoms with Gasteiger partial charge >= 0.3 is 0 Å². The molecule has 0 saturated carbocycles. The third-order valence-corrected chi connectivity index (χ3v) is 3.11. The summed E-state index contributed by atoms with van der Waals surface area (Å²) in [4.78, 5) is 7.22. The van der Waals surface area contributed by atoms with Crippen LogP contribution in [0.2, 0.25) is 5.15 Å². The highest BCUT2D eigenvalue weighted by Gasteiger charge is 2.10. The molecular weight excluding hydrogens is 270 g/mol. The molecule has 0 aliphatic carbocycles. The molecule has 2 nitrogen and oxygen atoms in total. The maximum atomic E-state index is 12.7. The lowest BCUT2D eigenvalue weighted by Crippen LogP contribution is -1.85. The second-order valence-corrected chi connectivity index (χ2v) is 4.57. The van der Waals surface area contributed by atoms with E-state index in [0.29, 0.717) is 16.4 Å². The van der Waals surface area contributed by atoms with Crippen molar-refractivity contribution in [3.63, 3.8) is 0 Å². The minimum atomic E-state index is -2.48. The lowest BCUT2D eigenvalue weighted by molar-refractivity contribution is 0.151. The molecule has 19 heavy (non-hydrogen) atoms. The Morgan fingerprint density at radius 2 is 1.95 bits per heavy atom. The maximum absolute atomic E-state index is 12.7. The van der Waals surface area contributed by atoms with Gasteiger partial charge in [0, 0.05) is 16.6 Å². The van der Waals surface area contributed by atoms with E-state index in [0.717, 1.165) is 11.1 Å². The number of H-pyrrole nitrogens is 1. The predicted molar refractivity (Wildman–Crippen MR) is 71.5 cm³/mol. The Labute approximate surface area is 113 Å². The third-order valence-electron chi connectivity index (χ3n) is 2.89. The molecule has 0 bridgehead atoms. The van der Waals surface area contributed by atoms with Crippen LogP contribution in [0.25, 0.3) is 22.3 Å². The number of hydrogen-bond acceptors (Lipinski definition) is 1. The van der Waals surface area contributed by atoms with E-state index in [1.165, 1.54) is 12.1 Å². The first-order valence-electron chi connectivity index (χ1n) is 5.67. The van der Waals surface area contributed by atoms with Crippen LogP contribution in [-0.2, 0) is 0 Å². The smallest absolute Gasteiger partial charge is 0.263 e. The number of benzene rings is 1. The molecule has 0 fully saturated rings. The van der Waals surface area contributed by atoms with E-state index >= 15 is 0 Å². The fraction of sp³-hybridized carbons (Fsp3) is 0.0714. The number of rotatable bonds is 2. The van der Waals surface area contributed by atoms with Crippen LogP contribution in [0.5, 0.6) is 0 Å². The van der Waals surface area contributed by atoms with Crippen LogP contribution in [0, 0.1) is 0 Å². The van der Waals surface area contributed by atoms with E-state index in [9.17, 15) is 8.78 Å². The highest BCUT2D eigenvalue weighted by molar-refractivity contribution is 6.29. The summed E-state index contributed by atoms with van der Waals surface area (Å²) in [5.74, 6) is 0. The maximum Gasteiger partial charge on any atom is 0.263 e. The number of aromatic nitrogens is 2. The Kier molecular flexibility index (Phi) is 2.95. The van der Waals surface area contributed by atoms with Gasteiger partial charge in [0.2, 0.25) is 0 Å². The molecule has 3 aromatic rings. The summed E-state index contributed by atoms with van der Waals surface area (Å²) in [6.45, 7) is 0. The van der Waals surface area contributed by atoms with Gasteiger partial charge in [-0.25, -0.2) is 13.8 Å². The Hall–Kier alpha value is -1.94. The first-order chi connectivity index (χ1) is 9.13. The van der Waals surface area contributed by atoms with Gasteiger partial charge in [-0.1, -0.05) is 29.8 Å². The lowest BCUT2D eigenvalue weighted by atomic mass is 10.1. The van der Waals surface area contributed by atoms with Crippen LogP contribution in [0.1, 0.15) is 12.0 Å². The number of pyridine rings is 1. The molecule has 2 heterocycles. The van der Waals surface area contributed by atoms with Gasteiger partial charge in [0.1, 0.15) is 10.8 Å². The number of nitrogens with one attached hydrogen (secondary N) is 1. The van der Waals surface area contributed by atoms with Crippen molar-refractivity contribution >= 4 is 22.6 Å². The zero-order chi connectivity index (χ0) is 13.4. The quantitative estimate of drug-likeness (QED) is 0.669. The highest BCUT2D eigenvalue weighted by atomic mass is 35.5. The molecule has 0 unspecified atom stereocenters. The normalized spacial score (nSPS) is 11.4. The molecule has 2 aromatic heterocycles. The second kappa shape index (κ2) is 4.63. The lowest BCUT2D eigenvalue weighted by Gasteiger charge is -2.02. The molecule has 0 saturated heterocycles. The molecule has 96 valence electrons. The van der Waals surface area contributed by atoms with Crippen molar-refractivity contribution in [3.05, 3.63) is 53.2 Å². The number of alkyl halides is 2. The molecule has 0 aliphatic rings. The Morgan fingerprint density at radius 1 is 1.11 bits per heavy atom. The molecule has 1 aromatic carbocycles. The van der Waals surface area contributed by atoms with Gasteiger partial charge in [0.05, 0.1) is 0 Å². The van der Waals surface area contributed by atoms with Crippen molar-refractivity contribution < 1.29 is 8.78 Å². The van der Waals surface area contributed by atoms with E-state index in [1.54, 1.807) is 18.2 Å². The van der Waals surface area contributed by atoms with Crippen LogP contribution in [0.4, 0.5) is 8.78 Å². The van der Waals surface area contributed by atoms with E-state index in [2.05, 4.69) is 9.97 Å². The fourth-order valence-corrected chi connectivity index (χ4v) is 2.13. The monoisotopic (exact) mass is 278 g/mol. The zero-order valence-electron chi connectivity index (χ0n) is 9.70. The summed E-state index contributed by atoms with van der Waals surface area (Å²) in [6, 6.07) is 11.7. The van der Waals surface area contributed by atoms with Crippen molar-refractivity contribution in [2.75, 3.05) is 0 Å². The van der Waals surface area contributed by atoms with Crippen molar-refractivity contribution in [2.45, 2.75) is 6.43 Å².